The maximum atomic E-state index is 13.3. The molecule has 1 unspecified atom stereocenters. The summed E-state index contributed by atoms with van der Waals surface area (Å²) in [5.74, 6) is -0.711. The van der Waals surface area contributed by atoms with E-state index in [4.69, 9.17) is 0 Å². The molecule has 1 N–H and O–H groups in total. The van der Waals surface area contributed by atoms with E-state index in [0.29, 0.717) is 5.69 Å². The first kappa shape index (κ1) is 15.4. The van der Waals surface area contributed by atoms with Gasteiger partial charge in [-0.3, -0.25) is 4.68 Å². The predicted octanol–water partition coefficient (Wildman–Crippen LogP) is 2.48. The molecule has 0 amide bonds. The molecule has 8 heteroatoms. The molecule has 21 heavy (non-hydrogen) atoms. The molecule has 2 rings (SSSR count). The van der Waals surface area contributed by atoms with Crippen molar-refractivity contribution >= 4 is 0 Å². The summed E-state index contributed by atoms with van der Waals surface area (Å²) in [5.41, 5.74) is -0.475. The van der Waals surface area contributed by atoms with Gasteiger partial charge < -0.3 is 5.32 Å². The summed E-state index contributed by atoms with van der Waals surface area (Å²) in [5, 5.41) is 10.3. The van der Waals surface area contributed by atoms with Crippen LogP contribution in [0, 0.1) is 5.82 Å². The molecule has 0 aliphatic carbocycles. The van der Waals surface area contributed by atoms with Gasteiger partial charge in [0.25, 0.3) is 0 Å². The zero-order chi connectivity index (χ0) is 15.6. The fourth-order valence-corrected chi connectivity index (χ4v) is 2.15. The van der Waals surface area contributed by atoms with E-state index in [-0.39, 0.29) is 12.0 Å². The lowest BCUT2D eigenvalue weighted by Gasteiger charge is -2.20. The Bertz CT molecular complexity index is 621. The van der Waals surface area contributed by atoms with E-state index in [1.807, 2.05) is 0 Å². The lowest BCUT2D eigenvalue weighted by atomic mass is 9.96. The zero-order valence-electron chi connectivity index (χ0n) is 11.4. The van der Waals surface area contributed by atoms with Crippen molar-refractivity contribution in [2.24, 2.45) is 7.05 Å². The molecule has 114 valence electrons. The highest BCUT2D eigenvalue weighted by Crippen LogP contribution is 2.35. The molecule has 0 aliphatic rings. The summed E-state index contributed by atoms with van der Waals surface area (Å²) in [6.07, 6.45) is -2.76. The number of hydrogen-bond donors (Lipinski definition) is 1. The van der Waals surface area contributed by atoms with Crippen molar-refractivity contribution in [3.63, 3.8) is 0 Å². The van der Waals surface area contributed by atoms with Gasteiger partial charge in [0.2, 0.25) is 0 Å². The lowest BCUT2D eigenvalue weighted by Crippen LogP contribution is -2.23. The van der Waals surface area contributed by atoms with Gasteiger partial charge >= 0.3 is 6.18 Å². The van der Waals surface area contributed by atoms with E-state index in [0.717, 1.165) is 18.2 Å². The van der Waals surface area contributed by atoms with Crippen LogP contribution in [-0.4, -0.2) is 22.0 Å². The van der Waals surface area contributed by atoms with Gasteiger partial charge in [0.15, 0.2) is 0 Å². The van der Waals surface area contributed by atoms with Gasteiger partial charge in [0, 0.05) is 25.7 Å². The molecule has 0 aliphatic heterocycles. The number of aryl methyl sites for hydroxylation is 1. The number of rotatable bonds is 4. The number of benzene rings is 1. The summed E-state index contributed by atoms with van der Waals surface area (Å²) in [7, 11) is 3.18. The highest BCUT2D eigenvalue weighted by Gasteiger charge is 2.35. The van der Waals surface area contributed by atoms with Gasteiger partial charge in [-0.25, -0.2) is 4.39 Å². The van der Waals surface area contributed by atoms with Gasteiger partial charge in [0.05, 0.1) is 11.3 Å². The minimum atomic E-state index is -4.54. The SMILES string of the molecule is CNC(Cc1cn(C)nn1)c1cc(F)ccc1C(F)(F)F. The van der Waals surface area contributed by atoms with Crippen LogP contribution in [0.1, 0.15) is 22.9 Å². The molecule has 0 saturated carbocycles. The average molecular weight is 302 g/mol. The molecule has 4 nitrogen and oxygen atoms in total. The molecule has 0 fully saturated rings. The van der Waals surface area contributed by atoms with Crippen molar-refractivity contribution in [1.82, 2.24) is 20.3 Å². The summed E-state index contributed by atoms with van der Waals surface area (Å²) >= 11 is 0. The Morgan fingerprint density at radius 3 is 2.57 bits per heavy atom. The van der Waals surface area contributed by atoms with Crippen LogP contribution in [0.2, 0.25) is 0 Å². The van der Waals surface area contributed by atoms with Crippen LogP contribution in [0.5, 0.6) is 0 Å². The predicted molar refractivity (Wildman–Crippen MR) is 67.9 cm³/mol. The minimum absolute atomic E-state index is 0.143. The Kier molecular flexibility index (Phi) is 4.26. The Labute approximate surface area is 118 Å². The molecule has 1 heterocycles. The molecule has 0 spiro atoms. The van der Waals surface area contributed by atoms with Crippen LogP contribution >= 0.6 is 0 Å². The third-order valence-electron chi connectivity index (χ3n) is 3.11. The number of hydrogen-bond acceptors (Lipinski definition) is 3. The Balaban J connectivity index is 2.39. The van der Waals surface area contributed by atoms with Crippen LogP contribution in [-0.2, 0) is 19.6 Å². The highest BCUT2D eigenvalue weighted by atomic mass is 19.4. The quantitative estimate of drug-likeness (QED) is 0.882. The van der Waals surface area contributed by atoms with Crippen LogP contribution in [0.3, 0.4) is 0 Å². The van der Waals surface area contributed by atoms with Gasteiger partial charge in [-0.1, -0.05) is 5.21 Å². The van der Waals surface area contributed by atoms with E-state index >= 15 is 0 Å². The minimum Gasteiger partial charge on any atom is -0.313 e. The van der Waals surface area contributed by atoms with Crippen molar-refractivity contribution < 1.29 is 17.6 Å². The third-order valence-corrected chi connectivity index (χ3v) is 3.11. The smallest absolute Gasteiger partial charge is 0.313 e. The second-order valence-electron chi connectivity index (χ2n) is 4.66. The maximum Gasteiger partial charge on any atom is 0.416 e. The van der Waals surface area contributed by atoms with E-state index in [2.05, 4.69) is 15.6 Å². The number of nitrogens with one attached hydrogen (secondary N) is 1. The van der Waals surface area contributed by atoms with E-state index in [9.17, 15) is 17.6 Å². The first-order valence-corrected chi connectivity index (χ1v) is 6.20. The summed E-state index contributed by atoms with van der Waals surface area (Å²) in [4.78, 5) is 0. The summed E-state index contributed by atoms with van der Waals surface area (Å²) < 4.78 is 53.9. The molecule has 1 atom stereocenters. The first-order valence-electron chi connectivity index (χ1n) is 6.20. The van der Waals surface area contributed by atoms with Crippen molar-refractivity contribution in [3.8, 4) is 0 Å². The van der Waals surface area contributed by atoms with Crippen molar-refractivity contribution in [3.05, 3.63) is 47.0 Å². The summed E-state index contributed by atoms with van der Waals surface area (Å²) in [6.45, 7) is 0. The van der Waals surface area contributed by atoms with Crippen molar-refractivity contribution in [1.29, 1.82) is 0 Å². The molecule has 0 bridgehead atoms. The number of nitrogens with zero attached hydrogens (tertiary/aromatic N) is 3. The second kappa shape index (κ2) is 5.80. The molecular formula is C13H14F4N4. The van der Waals surface area contributed by atoms with E-state index in [1.54, 1.807) is 13.2 Å². The topological polar surface area (TPSA) is 42.7 Å². The Morgan fingerprint density at radius 2 is 2.05 bits per heavy atom. The van der Waals surface area contributed by atoms with Crippen LogP contribution < -0.4 is 5.32 Å². The van der Waals surface area contributed by atoms with Crippen LogP contribution in [0.15, 0.2) is 24.4 Å². The normalized spacial score (nSPS) is 13.4. The molecule has 1 aromatic heterocycles. The highest BCUT2D eigenvalue weighted by molar-refractivity contribution is 5.33. The number of aromatic nitrogens is 3. The van der Waals surface area contributed by atoms with Crippen LogP contribution in [0.4, 0.5) is 17.6 Å². The number of likely N-dealkylation sites (N-methyl/N-ethyl adjacent to an activating group) is 1. The van der Waals surface area contributed by atoms with Crippen molar-refractivity contribution in [2.45, 2.75) is 18.6 Å². The molecular weight excluding hydrogens is 288 g/mol. The Morgan fingerprint density at radius 1 is 1.33 bits per heavy atom. The monoisotopic (exact) mass is 302 g/mol. The Hall–Kier alpha value is -1.96. The maximum absolute atomic E-state index is 13.3. The number of alkyl halides is 3. The average Bonchev–Trinajstić information content (AvgIpc) is 2.80. The number of halogens is 4. The van der Waals surface area contributed by atoms with Gasteiger partial charge in [-0.2, -0.15) is 13.2 Å². The van der Waals surface area contributed by atoms with Gasteiger partial charge in [-0.15, -0.1) is 5.10 Å². The third kappa shape index (κ3) is 3.57. The fraction of sp³-hybridized carbons (Fsp3) is 0.385. The fourth-order valence-electron chi connectivity index (χ4n) is 2.15. The molecule has 2 aromatic rings. The molecule has 1 aromatic carbocycles. The largest absolute Gasteiger partial charge is 0.416 e. The van der Waals surface area contributed by atoms with Gasteiger partial charge in [-0.05, 0) is 30.8 Å². The standard InChI is InChI=1S/C13H14F4N4/c1-18-12(6-9-7-21(2)20-19-9)10-5-8(14)3-4-11(10)13(15,16)17/h3-5,7,12,18H,6H2,1-2H3. The second-order valence-corrected chi connectivity index (χ2v) is 4.66. The molecule has 0 radical (unpaired) electrons. The van der Waals surface area contributed by atoms with E-state index in [1.165, 1.54) is 11.7 Å². The van der Waals surface area contributed by atoms with Crippen molar-refractivity contribution in [2.75, 3.05) is 7.05 Å². The van der Waals surface area contributed by atoms with Crippen LogP contribution in [0.25, 0.3) is 0 Å². The summed E-state index contributed by atoms with van der Waals surface area (Å²) in [6, 6.07) is 1.75. The zero-order valence-corrected chi connectivity index (χ0v) is 11.4. The molecule has 0 saturated heterocycles. The first-order chi connectivity index (χ1) is 9.81. The van der Waals surface area contributed by atoms with E-state index < -0.39 is 23.6 Å². The van der Waals surface area contributed by atoms with Gasteiger partial charge in [0.1, 0.15) is 5.82 Å². The lowest BCUT2D eigenvalue weighted by molar-refractivity contribution is -0.138.